The first-order chi connectivity index (χ1) is 10.5. The zero-order valence-corrected chi connectivity index (χ0v) is 13.8. The van der Waals surface area contributed by atoms with Gasteiger partial charge in [-0.3, -0.25) is 4.79 Å². The fourth-order valence-corrected chi connectivity index (χ4v) is 2.76. The van der Waals surface area contributed by atoms with Gasteiger partial charge < -0.3 is 24.2 Å². The van der Waals surface area contributed by atoms with Crippen LogP contribution in [0.1, 0.15) is 10.4 Å². The van der Waals surface area contributed by atoms with Crippen LogP contribution in [-0.4, -0.2) is 61.9 Å². The molecule has 2 rings (SSSR count). The Bertz CT molecular complexity index is 566. The molecular weight excluding hydrogens is 358 g/mol. The molecule has 1 atom stereocenters. The van der Waals surface area contributed by atoms with Crippen LogP contribution in [0.3, 0.4) is 0 Å². The van der Waals surface area contributed by atoms with Gasteiger partial charge in [0.25, 0.3) is 5.91 Å². The minimum absolute atomic E-state index is 0.0220. The largest absolute Gasteiger partial charge is 0.495 e. The summed E-state index contributed by atoms with van der Waals surface area (Å²) in [4.78, 5) is 25.2. The number of carboxylic acid groups (broad SMARTS) is 1. The number of nitrogens with zero attached hydrogens (tertiary/aromatic N) is 1. The summed E-state index contributed by atoms with van der Waals surface area (Å²) in [5, 5.41) is 9.22. The highest BCUT2D eigenvalue weighted by Gasteiger charge is 2.33. The van der Waals surface area contributed by atoms with Gasteiger partial charge in [-0.1, -0.05) is 0 Å². The van der Waals surface area contributed by atoms with Gasteiger partial charge in [0.2, 0.25) is 0 Å². The van der Waals surface area contributed by atoms with E-state index in [0.29, 0.717) is 28.1 Å². The number of carboxylic acids is 1. The maximum absolute atomic E-state index is 12.6. The third-order valence-electron chi connectivity index (χ3n) is 3.37. The van der Waals surface area contributed by atoms with Crippen molar-refractivity contribution in [1.29, 1.82) is 0 Å². The van der Waals surface area contributed by atoms with Crippen LogP contribution in [0.5, 0.6) is 11.5 Å². The molecule has 0 radical (unpaired) electrons. The molecule has 1 aromatic rings. The molecule has 22 heavy (non-hydrogen) atoms. The Morgan fingerprint density at radius 2 is 1.91 bits per heavy atom. The van der Waals surface area contributed by atoms with E-state index in [1.165, 1.54) is 19.1 Å². The van der Waals surface area contributed by atoms with Gasteiger partial charge in [0.15, 0.2) is 6.04 Å². The maximum Gasteiger partial charge on any atom is 0.328 e. The van der Waals surface area contributed by atoms with Gasteiger partial charge in [0.05, 0.1) is 27.4 Å². The van der Waals surface area contributed by atoms with Crippen LogP contribution in [0.4, 0.5) is 0 Å². The minimum atomic E-state index is -1.09. The Morgan fingerprint density at radius 1 is 1.32 bits per heavy atom. The van der Waals surface area contributed by atoms with Gasteiger partial charge in [-0.15, -0.1) is 0 Å². The highest BCUT2D eigenvalue weighted by atomic mass is 79.9. The van der Waals surface area contributed by atoms with Crippen LogP contribution in [0, 0.1) is 0 Å². The van der Waals surface area contributed by atoms with E-state index in [9.17, 15) is 14.7 Å². The van der Waals surface area contributed by atoms with Crippen molar-refractivity contribution in [3.8, 4) is 11.5 Å². The van der Waals surface area contributed by atoms with E-state index < -0.39 is 17.9 Å². The topological polar surface area (TPSA) is 85.3 Å². The van der Waals surface area contributed by atoms with Crippen molar-refractivity contribution in [2.75, 3.05) is 34.0 Å². The van der Waals surface area contributed by atoms with Crippen molar-refractivity contribution in [3.63, 3.8) is 0 Å². The second-order valence-corrected chi connectivity index (χ2v) is 5.42. The van der Waals surface area contributed by atoms with Crippen LogP contribution in [0.25, 0.3) is 0 Å². The highest BCUT2D eigenvalue weighted by molar-refractivity contribution is 9.10. The van der Waals surface area contributed by atoms with E-state index in [1.54, 1.807) is 12.1 Å². The first kappa shape index (κ1) is 16.6. The number of ether oxygens (including phenoxy) is 3. The van der Waals surface area contributed by atoms with Crippen LogP contribution in [0.2, 0.25) is 0 Å². The second kappa shape index (κ2) is 6.97. The van der Waals surface area contributed by atoms with Gasteiger partial charge in [-0.05, 0) is 28.1 Å². The number of methoxy groups -OCH3 is 2. The summed E-state index contributed by atoms with van der Waals surface area (Å²) in [6, 6.07) is 2.09. The molecule has 1 amide bonds. The third-order valence-corrected chi connectivity index (χ3v) is 4.15. The SMILES string of the molecule is COc1cc(C(=O)N2CCOC[C@H]2C(=O)O)cc(OC)c1Br. The quantitative estimate of drug-likeness (QED) is 0.858. The van der Waals surface area contributed by atoms with Gasteiger partial charge in [0, 0.05) is 12.1 Å². The number of morpholine rings is 1. The minimum Gasteiger partial charge on any atom is -0.495 e. The van der Waals surface area contributed by atoms with E-state index >= 15 is 0 Å². The Balaban J connectivity index is 2.37. The van der Waals surface area contributed by atoms with E-state index in [2.05, 4.69) is 15.9 Å². The summed E-state index contributed by atoms with van der Waals surface area (Å²) in [5.74, 6) is -0.630. The summed E-state index contributed by atoms with van der Waals surface area (Å²) in [5.41, 5.74) is 0.296. The lowest BCUT2D eigenvalue weighted by Crippen LogP contribution is -2.52. The van der Waals surface area contributed by atoms with Crippen LogP contribution >= 0.6 is 15.9 Å². The van der Waals surface area contributed by atoms with Crippen LogP contribution in [0.15, 0.2) is 16.6 Å². The lowest BCUT2D eigenvalue weighted by molar-refractivity contribution is -0.147. The van der Waals surface area contributed by atoms with Gasteiger partial charge >= 0.3 is 5.97 Å². The normalized spacial score (nSPS) is 18.0. The van der Waals surface area contributed by atoms with E-state index in [1.807, 2.05) is 0 Å². The fourth-order valence-electron chi connectivity index (χ4n) is 2.21. The Kier molecular flexibility index (Phi) is 5.25. The smallest absolute Gasteiger partial charge is 0.328 e. The standard InChI is InChI=1S/C14H16BrNO6/c1-20-10-5-8(6-11(21-2)12(10)15)13(17)16-3-4-22-7-9(16)14(18)19/h5-6,9H,3-4,7H2,1-2H3,(H,18,19)/t9-/m0/s1. The average Bonchev–Trinajstić information content (AvgIpc) is 2.54. The molecule has 0 saturated carbocycles. The predicted octanol–water partition coefficient (Wildman–Crippen LogP) is 1.39. The number of rotatable bonds is 4. The monoisotopic (exact) mass is 373 g/mol. The molecule has 1 N–H and O–H groups in total. The molecule has 1 aromatic carbocycles. The number of hydrogen-bond donors (Lipinski definition) is 1. The van der Waals surface area contributed by atoms with Crippen molar-refractivity contribution < 1.29 is 28.9 Å². The number of carbonyl (C=O) groups is 2. The molecule has 120 valence electrons. The van der Waals surface area contributed by atoms with E-state index in [4.69, 9.17) is 14.2 Å². The first-order valence-corrected chi connectivity index (χ1v) is 7.32. The molecule has 1 saturated heterocycles. The molecule has 0 bridgehead atoms. The summed E-state index contributed by atoms with van der Waals surface area (Å²) < 4.78 is 16.1. The maximum atomic E-state index is 12.6. The molecule has 8 heteroatoms. The molecule has 0 aliphatic carbocycles. The van der Waals surface area contributed by atoms with Crippen molar-refractivity contribution in [2.24, 2.45) is 0 Å². The summed E-state index contributed by atoms with van der Waals surface area (Å²) in [7, 11) is 2.95. The van der Waals surface area contributed by atoms with Crippen molar-refractivity contribution in [2.45, 2.75) is 6.04 Å². The Labute approximate surface area is 135 Å². The highest BCUT2D eigenvalue weighted by Crippen LogP contribution is 2.36. The number of amides is 1. The van der Waals surface area contributed by atoms with Crippen molar-refractivity contribution in [3.05, 3.63) is 22.2 Å². The number of aliphatic carboxylic acids is 1. The van der Waals surface area contributed by atoms with Gasteiger partial charge in [-0.25, -0.2) is 4.79 Å². The molecular formula is C14H16BrNO6. The molecule has 0 spiro atoms. The van der Waals surface area contributed by atoms with Crippen LogP contribution in [-0.2, 0) is 9.53 Å². The summed E-state index contributed by atoms with van der Waals surface area (Å²) >= 11 is 3.33. The Morgan fingerprint density at radius 3 is 2.41 bits per heavy atom. The van der Waals surface area contributed by atoms with Crippen molar-refractivity contribution >= 4 is 27.8 Å². The second-order valence-electron chi connectivity index (χ2n) is 4.62. The molecule has 0 unspecified atom stereocenters. The third kappa shape index (κ3) is 3.17. The molecule has 1 heterocycles. The van der Waals surface area contributed by atoms with Gasteiger partial charge in [0.1, 0.15) is 16.0 Å². The molecule has 1 fully saturated rings. The number of benzene rings is 1. The number of hydrogen-bond acceptors (Lipinski definition) is 5. The fraction of sp³-hybridized carbons (Fsp3) is 0.429. The van der Waals surface area contributed by atoms with Gasteiger partial charge in [-0.2, -0.15) is 0 Å². The first-order valence-electron chi connectivity index (χ1n) is 6.52. The lowest BCUT2D eigenvalue weighted by atomic mass is 10.1. The predicted molar refractivity (Wildman–Crippen MR) is 80.5 cm³/mol. The Hall–Kier alpha value is -1.80. The molecule has 1 aliphatic heterocycles. The van der Waals surface area contributed by atoms with Crippen LogP contribution < -0.4 is 9.47 Å². The zero-order valence-electron chi connectivity index (χ0n) is 12.2. The molecule has 0 aromatic heterocycles. The summed E-state index contributed by atoms with van der Waals surface area (Å²) in [6.45, 7) is 0.503. The average molecular weight is 374 g/mol. The summed E-state index contributed by atoms with van der Waals surface area (Å²) in [6.07, 6.45) is 0. The molecule has 1 aliphatic rings. The number of halogens is 1. The van der Waals surface area contributed by atoms with E-state index in [0.717, 1.165) is 0 Å². The number of carbonyl (C=O) groups excluding carboxylic acids is 1. The lowest BCUT2D eigenvalue weighted by Gasteiger charge is -2.33. The van der Waals surface area contributed by atoms with E-state index in [-0.39, 0.29) is 13.2 Å². The molecule has 7 nitrogen and oxygen atoms in total. The zero-order chi connectivity index (χ0) is 16.3. The van der Waals surface area contributed by atoms with Crippen molar-refractivity contribution in [1.82, 2.24) is 4.90 Å².